The van der Waals surface area contributed by atoms with Crippen LogP contribution in [0.2, 0.25) is 0 Å². The molecule has 3 atom stereocenters. The van der Waals surface area contributed by atoms with Crippen LogP contribution in [0.5, 0.6) is 0 Å². The van der Waals surface area contributed by atoms with Gasteiger partial charge in [0.15, 0.2) is 5.54 Å². The lowest BCUT2D eigenvalue weighted by molar-refractivity contribution is -0.385. The first-order valence-electron chi connectivity index (χ1n) is 7.61. The minimum absolute atomic E-state index is 0.0960. The largest absolute Gasteiger partial charge is 0.480 e. The first-order chi connectivity index (χ1) is 11.6. The molecule has 2 heterocycles. The number of aliphatic imine (C=N–C) groups is 1. The number of amides is 1. The van der Waals surface area contributed by atoms with Crippen molar-refractivity contribution in [3.05, 3.63) is 39.9 Å². The van der Waals surface area contributed by atoms with E-state index in [1.54, 1.807) is 39.0 Å². The number of rotatable bonds is 4. The zero-order chi connectivity index (χ0) is 18.6. The van der Waals surface area contributed by atoms with Crippen molar-refractivity contribution in [2.24, 2.45) is 4.99 Å². The van der Waals surface area contributed by atoms with Gasteiger partial charge in [0.05, 0.1) is 10.5 Å². The lowest BCUT2D eigenvalue weighted by atomic mass is 9.87. The van der Waals surface area contributed by atoms with Crippen molar-refractivity contribution in [2.45, 2.75) is 42.5 Å². The highest BCUT2D eigenvalue weighted by molar-refractivity contribution is 8.01. The van der Waals surface area contributed by atoms with Crippen molar-refractivity contribution in [1.82, 2.24) is 4.90 Å². The monoisotopic (exact) mass is 363 g/mol. The van der Waals surface area contributed by atoms with Gasteiger partial charge in [-0.25, -0.2) is 4.79 Å². The Morgan fingerprint density at radius 1 is 1.40 bits per heavy atom. The van der Waals surface area contributed by atoms with Crippen LogP contribution in [0, 0.1) is 10.1 Å². The van der Waals surface area contributed by atoms with E-state index in [4.69, 9.17) is 0 Å². The summed E-state index contributed by atoms with van der Waals surface area (Å²) < 4.78 is -0.641. The summed E-state index contributed by atoms with van der Waals surface area (Å²) in [5.74, 6) is -1.42. The predicted octanol–water partition coefficient (Wildman–Crippen LogP) is 1.92. The lowest BCUT2D eigenvalue weighted by Crippen LogP contribution is -2.71. The molecule has 0 bridgehead atoms. The average Bonchev–Trinajstić information content (AvgIpc) is 2.82. The molecular weight excluding hydrogens is 346 g/mol. The van der Waals surface area contributed by atoms with E-state index in [1.165, 1.54) is 28.9 Å². The summed E-state index contributed by atoms with van der Waals surface area (Å²) in [7, 11) is 0. The summed E-state index contributed by atoms with van der Waals surface area (Å²) in [5, 5.41) is 20.1. The number of nitro groups is 1. The molecule has 0 aliphatic carbocycles. The molecule has 1 N–H and O–H groups in total. The van der Waals surface area contributed by atoms with Gasteiger partial charge in [-0.2, -0.15) is 0 Å². The number of hydrogen-bond acceptors (Lipinski definition) is 6. The summed E-state index contributed by atoms with van der Waals surface area (Å²) in [6.45, 7) is 5.21. The van der Waals surface area contributed by atoms with Crippen LogP contribution in [0.15, 0.2) is 29.3 Å². The molecule has 0 saturated carbocycles. The smallest absolute Gasteiger partial charge is 0.327 e. The van der Waals surface area contributed by atoms with Crippen LogP contribution >= 0.6 is 11.8 Å². The van der Waals surface area contributed by atoms with E-state index >= 15 is 0 Å². The van der Waals surface area contributed by atoms with Gasteiger partial charge in [0, 0.05) is 17.0 Å². The topological polar surface area (TPSA) is 113 Å². The van der Waals surface area contributed by atoms with Crippen molar-refractivity contribution in [1.29, 1.82) is 0 Å². The van der Waals surface area contributed by atoms with Crippen molar-refractivity contribution < 1.29 is 19.6 Å². The Morgan fingerprint density at radius 2 is 2.04 bits per heavy atom. The van der Waals surface area contributed by atoms with E-state index in [0.717, 1.165) is 0 Å². The van der Waals surface area contributed by atoms with Crippen LogP contribution in [-0.2, 0) is 9.59 Å². The second-order valence-electron chi connectivity index (χ2n) is 6.75. The number of fused-ring (bicyclic) bond motifs is 1. The molecule has 2 fully saturated rings. The number of nitro benzene ring substituents is 1. The minimum Gasteiger partial charge on any atom is -0.480 e. The number of carboxylic acids is 1. The van der Waals surface area contributed by atoms with E-state index < -0.39 is 32.6 Å². The quantitative estimate of drug-likeness (QED) is 0.378. The van der Waals surface area contributed by atoms with Crippen molar-refractivity contribution >= 4 is 35.5 Å². The van der Waals surface area contributed by atoms with E-state index in [9.17, 15) is 24.8 Å². The van der Waals surface area contributed by atoms with E-state index in [-0.39, 0.29) is 11.6 Å². The summed E-state index contributed by atoms with van der Waals surface area (Å²) >= 11 is 1.39. The van der Waals surface area contributed by atoms with E-state index in [1.807, 2.05) is 0 Å². The molecular formula is C16H17N3O5S. The fourth-order valence-electron chi connectivity index (χ4n) is 3.29. The second-order valence-corrected chi connectivity index (χ2v) is 8.48. The number of hydrogen-bond donors (Lipinski definition) is 1. The SMILES string of the molecule is CC1(C)S[C@H]2N(C(=O)[C@]2(C)N=Cc2ccccc2[N+](=O)[O-])[C@H]1C(=O)O. The summed E-state index contributed by atoms with van der Waals surface area (Å²) in [6.07, 6.45) is 1.33. The number of thioether (sulfide) groups is 1. The summed E-state index contributed by atoms with van der Waals surface area (Å²) in [6, 6.07) is 5.22. The molecule has 1 aromatic rings. The van der Waals surface area contributed by atoms with Gasteiger partial charge in [-0.1, -0.05) is 12.1 Å². The molecule has 132 valence electrons. The number of nitrogens with zero attached hydrogens (tertiary/aromatic N) is 3. The van der Waals surface area contributed by atoms with Crippen molar-refractivity contribution in [3.8, 4) is 0 Å². The summed E-state index contributed by atoms with van der Waals surface area (Å²) in [5.41, 5.74) is -0.922. The number of carboxylic acid groups (broad SMARTS) is 1. The van der Waals surface area contributed by atoms with Crippen LogP contribution in [0.1, 0.15) is 26.3 Å². The molecule has 0 spiro atoms. The number of carbonyl (C=O) groups is 2. The van der Waals surface area contributed by atoms with Crippen LogP contribution in [-0.4, -0.2) is 54.7 Å². The third-order valence-corrected chi connectivity index (χ3v) is 6.33. The average molecular weight is 363 g/mol. The Balaban J connectivity index is 1.92. The molecule has 25 heavy (non-hydrogen) atoms. The molecule has 1 aromatic carbocycles. The molecule has 1 amide bonds. The molecule has 2 aliphatic heterocycles. The van der Waals surface area contributed by atoms with Crippen LogP contribution < -0.4 is 0 Å². The lowest BCUT2D eigenvalue weighted by Gasteiger charge is -2.48. The minimum atomic E-state index is -1.13. The Labute approximate surface area is 148 Å². The molecule has 0 unspecified atom stereocenters. The number of benzene rings is 1. The highest BCUT2D eigenvalue weighted by Crippen LogP contribution is 2.56. The number of para-hydroxylation sites is 1. The molecule has 9 heteroatoms. The molecule has 3 rings (SSSR count). The first kappa shape index (κ1) is 17.4. The van der Waals surface area contributed by atoms with Crippen LogP contribution in [0.4, 0.5) is 5.69 Å². The van der Waals surface area contributed by atoms with Gasteiger partial charge in [-0.3, -0.25) is 19.9 Å². The van der Waals surface area contributed by atoms with Gasteiger partial charge in [0.25, 0.3) is 11.6 Å². The third kappa shape index (κ3) is 2.50. The summed E-state index contributed by atoms with van der Waals surface area (Å²) in [4.78, 5) is 40.4. The number of carbonyl (C=O) groups excluding carboxylic acids is 1. The Hall–Kier alpha value is -2.42. The maximum atomic E-state index is 12.6. The molecule has 8 nitrogen and oxygen atoms in total. The van der Waals surface area contributed by atoms with Gasteiger partial charge in [0.2, 0.25) is 0 Å². The first-order valence-corrected chi connectivity index (χ1v) is 8.49. The molecule has 2 aliphatic rings. The van der Waals surface area contributed by atoms with Gasteiger partial charge in [0.1, 0.15) is 11.4 Å². The van der Waals surface area contributed by atoms with Gasteiger partial charge in [-0.05, 0) is 26.8 Å². The van der Waals surface area contributed by atoms with E-state index in [2.05, 4.69) is 4.99 Å². The van der Waals surface area contributed by atoms with Gasteiger partial charge < -0.3 is 10.0 Å². The third-order valence-electron chi connectivity index (χ3n) is 4.59. The van der Waals surface area contributed by atoms with Crippen LogP contribution in [0.25, 0.3) is 0 Å². The zero-order valence-corrected chi connectivity index (χ0v) is 14.7. The normalized spacial score (nSPS) is 30.2. The maximum Gasteiger partial charge on any atom is 0.327 e. The Morgan fingerprint density at radius 3 is 2.64 bits per heavy atom. The van der Waals surface area contributed by atoms with Gasteiger partial charge in [-0.15, -0.1) is 11.8 Å². The fraction of sp³-hybridized carbons (Fsp3) is 0.438. The number of aliphatic carboxylic acids is 1. The number of β-lactam (4-membered cyclic amide) rings is 1. The van der Waals surface area contributed by atoms with Gasteiger partial charge >= 0.3 is 5.97 Å². The zero-order valence-electron chi connectivity index (χ0n) is 13.9. The maximum absolute atomic E-state index is 12.6. The second kappa shape index (κ2) is 5.55. The van der Waals surface area contributed by atoms with Crippen molar-refractivity contribution in [2.75, 3.05) is 0 Å². The highest BCUT2D eigenvalue weighted by atomic mass is 32.2. The molecule has 0 aromatic heterocycles. The highest BCUT2D eigenvalue weighted by Gasteiger charge is 2.69. The van der Waals surface area contributed by atoms with E-state index in [0.29, 0.717) is 5.56 Å². The Bertz CT molecular complexity index is 809. The fourth-order valence-corrected chi connectivity index (χ4v) is 4.93. The molecule has 0 radical (unpaired) electrons. The molecule has 2 saturated heterocycles. The van der Waals surface area contributed by atoms with Crippen molar-refractivity contribution in [3.63, 3.8) is 0 Å². The predicted molar refractivity (Wildman–Crippen MR) is 92.8 cm³/mol. The Kier molecular flexibility index (Phi) is 3.86. The van der Waals surface area contributed by atoms with Crippen LogP contribution in [0.3, 0.4) is 0 Å². The standard InChI is InChI=1S/C16H17N3O5S/c1-15(2)11(12(20)21)18-13(22)16(3,14(18)25-15)17-8-9-6-4-5-7-10(9)19(23)24/h4-8,11,14H,1-3H3,(H,20,21)/t11-,14+,16-/m0/s1.